The fraction of sp³-hybridized carbons (Fsp3) is 0.167. The first-order valence-electron chi connectivity index (χ1n) is 7.65. The van der Waals surface area contributed by atoms with E-state index < -0.39 is 11.2 Å². The van der Waals surface area contributed by atoms with Gasteiger partial charge in [-0.1, -0.05) is 47.5 Å². The molecule has 2 aromatic carbocycles. The summed E-state index contributed by atoms with van der Waals surface area (Å²) in [6.45, 7) is 0. The number of halogens is 2. The van der Waals surface area contributed by atoms with E-state index in [1.165, 1.54) is 6.07 Å². The van der Waals surface area contributed by atoms with E-state index in [4.69, 9.17) is 27.9 Å². The standard InChI is InChI=1S/C18H13Cl2NO4S/c19-12-7-4-8-13(17(12)20)25-16(23)10-26-14-9-15(22)21(18(14)24)11-5-2-1-3-6-11/h1-8,14H,9-10H2/t14-/m1/s1. The number of hydrogen-bond acceptors (Lipinski definition) is 5. The minimum absolute atomic E-state index is 0.0452. The zero-order valence-corrected chi connectivity index (χ0v) is 15.7. The quantitative estimate of drug-likeness (QED) is 0.424. The predicted octanol–water partition coefficient (Wildman–Crippen LogP) is 3.96. The summed E-state index contributed by atoms with van der Waals surface area (Å²) in [6, 6.07) is 13.4. The molecule has 1 heterocycles. The van der Waals surface area contributed by atoms with Crippen LogP contribution in [0.15, 0.2) is 48.5 Å². The van der Waals surface area contributed by atoms with Crippen molar-refractivity contribution in [2.24, 2.45) is 0 Å². The molecule has 2 amide bonds. The Labute approximate surface area is 164 Å². The summed E-state index contributed by atoms with van der Waals surface area (Å²) in [5.74, 6) is -1.12. The van der Waals surface area contributed by atoms with Gasteiger partial charge in [-0.15, -0.1) is 11.8 Å². The lowest BCUT2D eigenvalue weighted by atomic mass is 10.3. The highest BCUT2D eigenvalue weighted by Gasteiger charge is 2.40. The summed E-state index contributed by atoms with van der Waals surface area (Å²) < 4.78 is 5.17. The molecule has 8 heteroatoms. The van der Waals surface area contributed by atoms with Gasteiger partial charge in [0.25, 0.3) is 0 Å². The van der Waals surface area contributed by atoms with E-state index in [2.05, 4.69) is 0 Å². The van der Waals surface area contributed by atoms with Crippen molar-refractivity contribution in [2.45, 2.75) is 11.7 Å². The number of carbonyl (C=O) groups excluding carboxylic acids is 3. The molecule has 1 saturated heterocycles. The Kier molecular flexibility index (Phi) is 5.86. The Morgan fingerprint density at radius 1 is 1.12 bits per heavy atom. The molecule has 0 unspecified atom stereocenters. The average molecular weight is 410 g/mol. The fourth-order valence-electron chi connectivity index (χ4n) is 2.47. The molecular formula is C18H13Cl2NO4S. The summed E-state index contributed by atoms with van der Waals surface area (Å²) in [5.41, 5.74) is 0.527. The summed E-state index contributed by atoms with van der Waals surface area (Å²) in [7, 11) is 0. The van der Waals surface area contributed by atoms with Crippen LogP contribution < -0.4 is 9.64 Å². The molecular weight excluding hydrogens is 397 g/mol. The molecule has 0 radical (unpaired) electrons. The minimum atomic E-state index is -0.620. The van der Waals surface area contributed by atoms with Crippen molar-refractivity contribution in [1.29, 1.82) is 0 Å². The number of hydrogen-bond donors (Lipinski definition) is 0. The Morgan fingerprint density at radius 3 is 2.58 bits per heavy atom. The van der Waals surface area contributed by atoms with Crippen LogP contribution in [0.4, 0.5) is 5.69 Å². The first-order valence-corrected chi connectivity index (χ1v) is 9.46. The number of thioether (sulfide) groups is 1. The highest BCUT2D eigenvalue weighted by Crippen LogP contribution is 2.33. The number of para-hydroxylation sites is 1. The van der Waals surface area contributed by atoms with Gasteiger partial charge >= 0.3 is 5.97 Å². The number of nitrogens with zero attached hydrogens (tertiary/aromatic N) is 1. The van der Waals surface area contributed by atoms with Crippen molar-refractivity contribution in [2.75, 3.05) is 10.7 Å². The lowest BCUT2D eigenvalue weighted by molar-refractivity contribution is -0.131. The van der Waals surface area contributed by atoms with E-state index in [9.17, 15) is 14.4 Å². The van der Waals surface area contributed by atoms with Crippen LogP contribution in [0.3, 0.4) is 0 Å². The van der Waals surface area contributed by atoms with Crippen LogP contribution in [-0.2, 0) is 14.4 Å². The van der Waals surface area contributed by atoms with E-state index in [-0.39, 0.29) is 39.8 Å². The molecule has 1 aliphatic heterocycles. The summed E-state index contributed by atoms with van der Waals surface area (Å²) in [6.07, 6.45) is 0.0452. The van der Waals surface area contributed by atoms with E-state index >= 15 is 0 Å². The van der Waals surface area contributed by atoms with Gasteiger partial charge in [-0.05, 0) is 24.3 Å². The third-order valence-corrected chi connectivity index (χ3v) is 5.64. The Morgan fingerprint density at radius 2 is 1.85 bits per heavy atom. The second-order valence-electron chi connectivity index (χ2n) is 5.43. The molecule has 1 fully saturated rings. The van der Waals surface area contributed by atoms with Crippen LogP contribution in [0.25, 0.3) is 0 Å². The molecule has 1 atom stereocenters. The first-order chi connectivity index (χ1) is 12.5. The van der Waals surface area contributed by atoms with Crippen LogP contribution >= 0.6 is 35.0 Å². The van der Waals surface area contributed by atoms with Crippen LogP contribution in [0.2, 0.25) is 10.0 Å². The predicted molar refractivity (Wildman–Crippen MR) is 102 cm³/mol. The molecule has 5 nitrogen and oxygen atoms in total. The van der Waals surface area contributed by atoms with Gasteiger partial charge < -0.3 is 4.74 Å². The second kappa shape index (κ2) is 8.12. The number of esters is 1. The average Bonchev–Trinajstić information content (AvgIpc) is 2.91. The molecule has 0 spiro atoms. The number of amides is 2. The summed E-state index contributed by atoms with van der Waals surface area (Å²) >= 11 is 12.9. The molecule has 0 bridgehead atoms. The number of benzene rings is 2. The van der Waals surface area contributed by atoms with Gasteiger partial charge in [0.2, 0.25) is 11.8 Å². The Hall–Kier alpha value is -2.02. The van der Waals surface area contributed by atoms with Gasteiger partial charge in [0.05, 0.1) is 21.7 Å². The topological polar surface area (TPSA) is 63.7 Å². The molecule has 0 saturated carbocycles. The Bertz CT molecular complexity index is 860. The van der Waals surface area contributed by atoms with Crippen LogP contribution in [0, 0.1) is 0 Å². The highest BCUT2D eigenvalue weighted by molar-refractivity contribution is 8.01. The number of rotatable bonds is 5. The van der Waals surface area contributed by atoms with Gasteiger partial charge in [0, 0.05) is 6.42 Å². The van der Waals surface area contributed by atoms with Crippen molar-refractivity contribution in [3.8, 4) is 5.75 Å². The maximum atomic E-state index is 12.5. The van der Waals surface area contributed by atoms with Crippen LogP contribution in [-0.4, -0.2) is 28.8 Å². The van der Waals surface area contributed by atoms with E-state index in [0.29, 0.717) is 5.69 Å². The lowest BCUT2D eigenvalue weighted by Gasteiger charge is -2.14. The molecule has 0 N–H and O–H groups in total. The molecule has 3 rings (SSSR count). The highest BCUT2D eigenvalue weighted by atomic mass is 35.5. The maximum absolute atomic E-state index is 12.5. The minimum Gasteiger partial charge on any atom is -0.424 e. The zero-order chi connectivity index (χ0) is 18.7. The molecule has 26 heavy (non-hydrogen) atoms. The second-order valence-corrected chi connectivity index (χ2v) is 7.41. The van der Waals surface area contributed by atoms with Crippen LogP contribution in [0.5, 0.6) is 5.75 Å². The van der Waals surface area contributed by atoms with Crippen molar-refractivity contribution in [3.63, 3.8) is 0 Å². The number of imide groups is 1. The van der Waals surface area contributed by atoms with E-state index in [1.54, 1.807) is 42.5 Å². The summed E-state index contributed by atoms with van der Waals surface area (Å²) in [5, 5.41) is -0.195. The van der Waals surface area contributed by atoms with Crippen molar-refractivity contribution in [1.82, 2.24) is 0 Å². The third-order valence-electron chi connectivity index (χ3n) is 3.66. The van der Waals surface area contributed by atoms with Crippen molar-refractivity contribution < 1.29 is 19.1 Å². The third kappa shape index (κ3) is 4.03. The molecule has 2 aromatic rings. The fourth-order valence-corrected chi connectivity index (χ4v) is 3.70. The van der Waals surface area contributed by atoms with Gasteiger partial charge in [0.15, 0.2) is 5.75 Å². The zero-order valence-electron chi connectivity index (χ0n) is 13.4. The maximum Gasteiger partial charge on any atom is 0.321 e. The van der Waals surface area contributed by atoms with Crippen LogP contribution in [0.1, 0.15) is 6.42 Å². The normalized spacial score (nSPS) is 16.8. The van der Waals surface area contributed by atoms with E-state index in [1.807, 2.05) is 0 Å². The molecule has 134 valence electrons. The van der Waals surface area contributed by atoms with Gasteiger partial charge in [-0.3, -0.25) is 14.4 Å². The number of carbonyl (C=O) groups is 3. The molecule has 0 aliphatic carbocycles. The first kappa shape index (κ1) is 18.8. The van der Waals surface area contributed by atoms with Crippen molar-refractivity contribution in [3.05, 3.63) is 58.6 Å². The van der Waals surface area contributed by atoms with Crippen molar-refractivity contribution >= 4 is 58.4 Å². The number of ether oxygens (including phenoxy) is 1. The molecule has 0 aromatic heterocycles. The van der Waals surface area contributed by atoms with Gasteiger partial charge in [-0.2, -0.15) is 0 Å². The monoisotopic (exact) mass is 409 g/mol. The van der Waals surface area contributed by atoms with Gasteiger partial charge in [-0.25, -0.2) is 4.90 Å². The SMILES string of the molecule is O=C(CS[C@@H]1CC(=O)N(c2ccccc2)C1=O)Oc1cccc(Cl)c1Cl. The van der Waals surface area contributed by atoms with Gasteiger partial charge in [0.1, 0.15) is 5.02 Å². The smallest absolute Gasteiger partial charge is 0.321 e. The summed E-state index contributed by atoms with van der Waals surface area (Å²) in [4.78, 5) is 37.8. The molecule has 1 aliphatic rings. The number of anilines is 1. The Balaban J connectivity index is 1.60. The largest absolute Gasteiger partial charge is 0.424 e. The van der Waals surface area contributed by atoms with E-state index in [0.717, 1.165) is 16.7 Å². The lowest BCUT2D eigenvalue weighted by Crippen LogP contribution is -2.31.